The van der Waals surface area contributed by atoms with Crippen molar-refractivity contribution >= 4 is 29.4 Å². The Balaban J connectivity index is 1.50. The first-order chi connectivity index (χ1) is 15.0. The topological polar surface area (TPSA) is 69.2 Å². The van der Waals surface area contributed by atoms with E-state index in [1.165, 1.54) is 25.5 Å². The van der Waals surface area contributed by atoms with Gasteiger partial charge in [0, 0.05) is 16.3 Å². The fourth-order valence-electron chi connectivity index (χ4n) is 2.55. The molecular weight excluding hydrogens is 423 g/mol. The van der Waals surface area contributed by atoms with Crippen molar-refractivity contribution in [3.05, 3.63) is 88.7 Å². The molecule has 0 unspecified atom stereocenters. The fraction of sp³-hybridized carbons (Fsp3) is 0.130. The molecule has 0 atom stereocenters. The molecule has 0 saturated heterocycles. The SMILES string of the molecule is COc1cc(/C=N/OCC(=O)Nc2ccc(Cl)cc2)ccc1OCc1ccc(F)cc1. The van der Waals surface area contributed by atoms with Crippen LogP contribution in [0.2, 0.25) is 5.02 Å². The normalized spacial score (nSPS) is 10.7. The van der Waals surface area contributed by atoms with Gasteiger partial charge < -0.3 is 19.6 Å². The van der Waals surface area contributed by atoms with E-state index in [1.54, 1.807) is 54.6 Å². The Morgan fingerprint density at radius 2 is 1.81 bits per heavy atom. The minimum atomic E-state index is -0.346. The number of oxime groups is 1. The van der Waals surface area contributed by atoms with Crippen LogP contribution in [0.1, 0.15) is 11.1 Å². The Hall–Kier alpha value is -3.58. The predicted molar refractivity (Wildman–Crippen MR) is 117 cm³/mol. The van der Waals surface area contributed by atoms with E-state index in [0.717, 1.165) is 5.56 Å². The summed E-state index contributed by atoms with van der Waals surface area (Å²) >= 11 is 5.81. The van der Waals surface area contributed by atoms with Gasteiger partial charge in [0.15, 0.2) is 18.1 Å². The molecule has 31 heavy (non-hydrogen) atoms. The second kappa shape index (κ2) is 11.0. The maximum absolute atomic E-state index is 13.0. The number of nitrogens with zero attached hydrogens (tertiary/aromatic N) is 1. The third-order valence-electron chi connectivity index (χ3n) is 4.10. The van der Waals surface area contributed by atoms with Crippen molar-refractivity contribution in [3.8, 4) is 11.5 Å². The summed E-state index contributed by atoms with van der Waals surface area (Å²) < 4.78 is 24.1. The Labute approximate surface area is 184 Å². The van der Waals surface area contributed by atoms with Gasteiger partial charge in [-0.05, 0) is 60.2 Å². The van der Waals surface area contributed by atoms with Crippen LogP contribution in [0.15, 0.2) is 71.9 Å². The minimum absolute atomic E-state index is 0.241. The van der Waals surface area contributed by atoms with Crippen LogP contribution >= 0.6 is 11.6 Å². The van der Waals surface area contributed by atoms with Gasteiger partial charge in [-0.25, -0.2) is 4.39 Å². The van der Waals surface area contributed by atoms with Crippen molar-refractivity contribution in [2.75, 3.05) is 19.0 Å². The molecule has 3 rings (SSSR count). The lowest BCUT2D eigenvalue weighted by atomic mass is 10.2. The molecule has 1 amide bonds. The summed E-state index contributed by atoms with van der Waals surface area (Å²) in [4.78, 5) is 16.9. The van der Waals surface area contributed by atoms with Crippen molar-refractivity contribution in [2.45, 2.75) is 6.61 Å². The number of carbonyl (C=O) groups is 1. The van der Waals surface area contributed by atoms with Gasteiger partial charge in [0.05, 0.1) is 13.3 Å². The number of benzene rings is 3. The number of nitrogens with one attached hydrogen (secondary N) is 1. The van der Waals surface area contributed by atoms with Gasteiger partial charge in [0.25, 0.3) is 5.91 Å². The van der Waals surface area contributed by atoms with Gasteiger partial charge >= 0.3 is 0 Å². The second-order valence-corrected chi connectivity index (χ2v) is 6.82. The number of halogens is 2. The molecule has 8 heteroatoms. The first-order valence-corrected chi connectivity index (χ1v) is 9.67. The smallest absolute Gasteiger partial charge is 0.265 e. The maximum atomic E-state index is 13.0. The van der Waals surface area contributed by atoms with Crippen molar-refractivity contribution in [1.82, 2.24) is 0 Å². The van der Waals surface area contributed by atoms with Gasteiger partial charge in [0.1, 0.15) is 12.4 Å². The molecule has 0 saturated carbocycles. The van der Waals surface area contributed by atoms with Crippen LogP contribution in [0.25, 0.3) is 0 Å². The van der Waals surface area contributed by atoms with Crippen molar-refractivity contribution in [2.24, 2.45) is 5.16 Å². The predicted octanol–water partition coefficient (Wildman–Crippen LogP) is 5.06. The number of amides is 1. The van der Waals surface area contributed by atoms with Gasteiger partial charge in [0.2, 0.25) is 0 Å². The molecule has 0 aromatic heterocycles. The molecule has 3 aromatic rings. The highest BCUT2D eigenvalue weighted by Crippen LogP contribution is 2.28. The largest absolute Gasteiger partial charge is 0.493 e. The average molecular weight is 443 g/mol. The Kier molecular flexibility index (Phi) is 7.84. The molecule has 0 heterocycles. The highest BCUT2D eigenvalue weighted by molar-refractivity contribution is 6.30. The quantitative estimate of drug-likeness (QED) is 0.371. The Morgan fingerprint density at radius 1 is 1.06 bits per heavy atom. The molecule has 1 N–H and O–H groups in total. The van der Waals surface area contributed by atoms with E-state index in [1.807, 2.05) is 0 Å². The second-order valence-electron chi connectivity index (χ2n) is 6.39. The van der Waals surface area contributed by atoms with Gasteiger partial charge in [-0.15, -0.1) is 0 Å². The Morgan fingerprint density at radius 3 is 2.52 bits per heavy atom. The molecule has 0 spiro atoms. The molecule has 0 fully saturated rings. The molecule has 3 aromatic carbocycles. The fourth-order valence-corrected chi connectivity index (χ4v) is 2.68. The van der Waals surface area contributed by atoms with Crippen LogP contribution < -0.4 is 14.8 Å². The lowest BCUT2D eigenvalue weighted by Gasteiger charge is -2.11. The molecule has 0 radical (unpaired) electrons. The summed E-state index contributed by atoms with van der Waals surface area (Å²) in [6.45, 7) is 0.0328. The van der Waals surface area contributed by atoms with Crippen LogP contribution in [0.5, 0.6) is 11.5 Å². The zero-order valence-electron chi connectivity index (χ0n) is 16.7. The number of anilines is 1. The molecular formula is C23H20ClFN2O4. The first kappa shape index (κ1) is 22.1. The summed E-state index contributed by atoms with van der Waals surface area (Å²) in [6, 6.07) is 18.0. The summed E-state index contributed by atoms with van der Waals surface area (Å²) in [5.41, 5.74) is 2.14. The third kappa shape index (κ3) is 7.01. The van der Waals surface area contributed by atoms with Gasteiger partial charge in [-0.2, -0.15) is 0 Å². The molecule has 0 aliphatic rings. The number of hydrogen-bond donors (Lipinski definition) is 1. The number of hydrogen-bond acceptors (Lipinski definition) is 5. The van der Waals surface area contributed by atoms with Crippen molar-refractivity contribution in [1.29, 1.82) is 0 Å². The number of carbonyl (C=O) groups excluding carboxylic acids is 1. The summed E-state index contributed by atoms with van der Waals surface area (Å²) in [6.07, 6.45) is 1.46. The van der Waals surface area contributed by atoms with Crippen LogP contribution in [0, 0.1) is 5.82 Å². The lowest BCUT2D eigenvalue weighted by Crippen LogP contribution is -2.16. The highest BCUT2D eigenvalue weighted by atomic mass is 35.5. The molecule has 0 bridgehead atoms. The van der Waals surface area contributed by atoms with Gasteiger partial charge in [-0.1, -0.05) is 28.9 Å². The number of methoxy groups -OCH3 is 1. The van der Waals surface area contributed by atoms with Crippen molar-refractivity contribution in [3.63, 3.8) is 0 Å². The van der Waals surface area contributed by atoms with E-state index in [-0.39, 0.29) is 24.9 Å². The van der Waals surface area contributed by atoms with E-state index < -0.39 is 0 Å². The van der Waals surface area contributed by atoms with E-state index in [9.17, 15) is 9.18 Å². The first-order valence-electron chi connectivity index (χ1n) is 9.29. The van der Waals surface area contributed by atoms with Crippen molar-refractivity contribution < 1.29 is 23.5 Å². The summed E-state index contributed by atoms with van der Waals surface area (Å²) in [5, 5.41) is 7.06. The molecule has 160 valence electrons. The maximum Gasteiger partial charge on any atom is 0.265 e. The Bertz CT molecular complexity index is 1040. The zero-order valence-corrected chi connectivity index (χ0v) is 17.4. The van der Waals surface area contributed by atoms with Crippen LogP contribution in [-0.2, 0) is 16.2 Å². The molecule has 0 aliphatic heterocycles. The summed E-state index contributed by atoms with van der Waals surface area (Å²) in [7, 11) is 1.53. The van der Waals surface area contributed by atoms with Crippen LogP contribution in [0.3, 0.4) is 0 Å². The van der Waals surface area contributed by atoms with E-state index in [4.69, 9.17) is 25.9 Å². The monoisotopic (exact) mass is 442 g/mol. The van der Waals surface area contributed by atoms with E-state index in [2.05, 4.69) is 10.5 Å². The number of rotatable bonds is 9. The van der Waals surface area contributed by atoms with E-state index in [0.29, 0.717) is 27.8 Å². The zero-order chi connectivity index (χ0) is 22.1. The molecule has 6 nitrogen and oxygen atoms in total. The van der Waals surface area contributed by atoms with Crippen LogP contribution in [0.4, 0.5) is 10.1 Å². The van der Waals surface area contributed by atoms with E-state index >= 15 is 0 Å². The molecule has 0 aliphatic carbocycles. The van der Waals surface area contributed by atoms with Crippen LogP contribution in [-0.4, -0.2) is 25.8 Å². The summed E-state index contributed by atoms with van der Waals surface area (Å²) in [5.74, 6) is 0.398. The lowest BCUT2D eigenvalue weighted by molar-refractivity contribution is -0.120. The highest BCUT2D eigenvalue weighted by Gasteiger charge is 2.06. The average Bonchev–Trinajstić information content (AvgIpc) is 2.78. The minimum Gasteiger partial charge on any atom is -0.493 e. The standard InChI is InChI=1S/C23H20ClFN2O4/c1-29-22-12-17(4-11-21(22)30-14-16-2-7-19(25)8-3-16)13-26-31-15-23(28)27-20-9-5-18(24)6-10-20/h2-13H,14-15H2,1H3,(H,27,28)/b26-13+. The van der Waals surface area contributed by atoms with Gasteiger partial charge in [-0.3, -0.25) is 4.79 Å². The third-order valence-corrected chi connectivity index (χ3v) is 4.35. The number of ether oxygens (including phenoxy) is 2.